The first kappa shape index (κ1) is 15.4. The first-order valence-corrected chi connectivity index (χ1v) is 7.39. The van der Waals surface area contributed by atoms with E-state index in [1.54, 1.807) is 0 Å². The van der Waals surface area contributed by atoms with Crippen LogP contribution in [0, 0.1) is 5.92 Å². The van der Waals surface area contributed by atoms with Crippen molar-refractivity contribution in [2.75, 3.05) is 6.54 Å². The van der Waals surface area contributed by atoms with Crippen LogP contribution in [0.1, 0.15) is 64.7 Å². The summed E-state index contributed by atoms with van der Waals surface area (Å²) in [6.07, 6.45) is 10.2. The van der Waals surface area contributed by atoms with Crippen molar-refractivity contribution in [2.24, 2.45) is 11.7 Å². The Morgan fingerprint density at radius 1 is 1.28 bits per heavy atom. The Kier molecular flexibility index (Phi) is 8.01. The predicted octanol–water partition coefficient (Wildman–Crippen LogP) is 2.52. The van der Waals surface area contributed by atoms with Crippen LogP contribution in [0.4, 0.5) is 0 Å². The van der Waals surface area contributed by atoms with Gasteiger partial charge in [0.2, 0.25) is 5.91 Å². The molecule has 0 aliphatic heterocycles. The van der Waals surface area contributed by atoms with Crippen LogP contribution < -0.4 is 11.2 Å². The Balaban J connectivity index is 2.07. The molecule has 0 spiro atoms. The lowest BCUT2D eigenvalue weighted by molar-refractivity contribution is -0.144. The van der Waals surface area contributed by atoms with Crippen LogP contribution in [0.25, 0.3) is 0 Å². The highest BCUT2D eigenvalue weighted by Crippen LogP contribution is 2.19. The molecule has 1 aliphatic rings. The Labute approximate surface area is 111 Å². The summed E-state index contributed by atoms with van der Waals surface area (Å²) in [5, 5.41) is 0. The second-order valence-corrected chi connectivity index (χ2v) is 5.38. The second kappa shape index (κ2) is 9.34. The van der Waals surface area contributed by atoms with E-state index in [1.165, 1.54) is 19.3 Å². The van der Waals surface area contributed by atoms with Crippen molar-refractivity contribution < 1.29 is 9.63 Å². The van der Waals surface area contributed by atoms with Gasteiger partial charge in [-0.25, -0.2) is 5.48 Å². The predicted molar refractivity (Wildman–Crippen MR) is 72.8 cm³/mol. The summed E-state index contributed by atoms with van der Waals surface area (Å²) in [4.78, 5) is 17.3. The van der Waals surface area contributed by atoms with Crippen LogP contribution in [-0.2, 0) is 9.63 Å². The third-order valence-electron chi connectivity index (χ3n) is 3.67. The normalized spacial score (nSPS) is 18.6. The lowest BCUT2D eigenvalue weighted by atomic mass is 9.98. The second-order valence-electron chi connectivity index (χ2n) is 5.38. The highest BCUT2D eigenvalue weighted by molar-refractivity contribution is 5.77. The van der Waals surface area contributed by atoms with Crippen molar-refractivity contribution in [2.45, 2.75) is 70.8 Å². The van der Waals surface area contributed by atoms with Gasteiger partial charge in [-0.3, -0.25) is 9.63 Å². The van der Waals surface area contributed by atoms with E-state index < -0.39 is 0 Å². The van der Waals surface area contributed by atoms with Gasteiger partial charge in [-0.2, -0.15) is 0 Å². The number of carbonyl (C=O) groups excluding carboxylic acids is 1. The van der Waals surface area contributed by atoms with Gasteiger partial charge in [0, 0.05) is 5.92 Å². The smallest absolute Gasteiger partial charge is 0.246 e. The molecule has 4 nitrogen and oxygen atoms in total. The van der Waals surface area contributed by atoms with Crippen molar-refractivity contribution >= 4 is 5.91 Å². The number of amides is 1. The molecule has 0 aromatic carbocycles. The van der Waals surface area contributed by atoms with Crippen molar-refractivity contribution in [1.82, 2.24) is 5.48 Å². The molecule has 1 atom stereocenters. The summed E-state index contributed by atoms with van der Waals surface area (Å²) in [6, 6.07) is 0. The highest BCUT2D eigenvalue weighted by atomic mass is 16.7. The summed E-state index contributed by atoms with van der Waals surface area (Å²) >= 11 is 0. The standard InChI is InChI=1S/C14H28N2O2/c1-12(8-4-3-7-11-15)14(17)16-18-13-9-5-2-6-10-13/h12-13H,2-11,15H2,1H3,(H,16,17)/t12-/m1/s1. The number of hydrogen-bond acceptors (Lipinski definition) is 3. The van der Waals surface area contributed by atoms with Crippen LogP contribution in [0.5, 0.6) is 0 Å². The van der Waals surface area contributed by atoms with E-state index in [2.05, 4.69) is 5.48 Å². The Morgan fingerprint density at radius 3 is 2.67 bits per heavy atom. The SMILES string of the molecule is C[C@H](CCCCCN)C(=O)NOC1CCCCC1. The quantitative estimate of drug-likeness (QED) is 0.518. The van der Waals surface area contributed by atoms with Crippen LogP contribution >= 0.6 is 0 Å². The van der Waals surface area contributed by atoms with Gasteiger partial charge >= 0.3 is 0 Å². The van der Waals surface area contributed by atoms with Crippen LogP contribution in [0.2, 0.25) is 0 Å². The van der Waals surface area contributed by atoms with Gasteiger partial charge in [-0.1, -0.05) is 39.0 Å². The maximum atomic E-state index is 11.8. The molecular formula is C14H28N2O2. The lowest BCUT2D eigenvalue weighted by Gasteiger charge is -2.22. The van der Waals surface area contributed by atoms with E-state index in [-0.39, 0.29) is 17.9 Å². The number of nitrogens with one attached hydrogen (secondary N) is 1. The van der Waals surface area contributed by atoms with Crippen molar-refractivity contribution in [3.63, 3.8) is 0 Å². The Bertz CT molecular complexity index is 228. The Hall–Kier alpha value is -0.610. The van der Waals surface area contributed by atoms with E-state index in [0.29, 0.717) is 0 Å². The van der Waals surface area contributed by atoms with E-state index in [4.69, 9.17) is 10.6 Å². The number of unbranched alkanes of at least 4 members (excludes halogenated alkanes) is 2. The fourth-order valence-electron chi connectivity index (χ4n) is 2.33. The molecule has 1 aliphatic carbocycles. The first-order valence-electron chi connectivity index (χ1n) is 7.39. The largest absolute Gasteiger partial charge is 0.330 e. The molecule has 0 aromatic rings. The van der Waals surface area contributed by atoms with Crippen molar-refractivity contribution in [3.05, 3.63) is 0 Å². The van der Waals surface area contributed by atoms with E-state index in [0.717, 1.165) is 45.1 Å². The first-order chi connectivity index (χ1) is 8.74. The monoisotopic (exact) mass is 256 g/mol. The molecule has 1 saturated carbocycles. The molecule has 4 heteroatoms. The maximum Gasteiger partial charge on any atom is 0.246 e. The molecule has 18 heavy (non-hydrogen) atoms. The minimum atomic E-state index is 0.0216. The van der Waals surface area contributed by atoms with Crippen LogP contribution in [0.3, 0.4) is 0 Å². The average Bonchev–Trinajstić information content (AvgIpc) is 2.42. The van der Waals surface area contributed by atoms with Gasteiger partial charge in [0.25, 0.3) is 0 Å². The van der Waals surface area contributed by atoms with Gasteiger partial charge in [0.15, 0.2) is 0 Å². The minimum Gasteiger partial charge on any atom is -0.330 e. The lowest BCUT2D eigenvalue weighted by Crippen LogP contribution is -2.34. The summed E-state index contributed by atoms with van der Waals surface area (Å²) in [5.74, 6) is 0.0553. The molecule has 0 aromatic heterocycles. The molecule has 0 unspecified atom stereocenters. The van der Waals surface area contributed by atoms with Gasteiger partial charge in [0.05, 0.1) is 6.10 Å². The summed E-state index contributed by atoms with van der Waals surface area (Å²) in [5.41, 5.74) is 8.07. The van der Waals surface area contributed by atoms with Gasteiger partial charge < -0.3 is 5.73 Å². The van der Waals surface area contributed by atoms with Gasteiger partial charge in [-0.15, -0.1) is 0 Å². The van der Waals surface area contributed by atoms with Crippen molar-refractivity contribution in [1.29, 1.82) is 0 Å². The molecule has 0 saturated heterocycles. The van der Waals surface area contributed by atoms with E-state index in [1.807, 2.05) is 6.92 Å². The molecule has 0 radical (unpaired) electrons. The number of rotatable bonds is 8. The van der Waals surface area contributed by atoms with E-state index in [9.17, 15) is 4.79 Å². The van der Waals surface area contributed by atoms with E-state index >= 15 is 0 Å². The fourth-order valence-corrected chi connectivity index (χ4v) is 2.33. The number of nitrogens with two attached hydrogens (primary N) is 1. The molecule has 106 valence electrons. The van der Waals surface area contributed by atoms with Crippen LogP contribution in [0.15, 0.2) is 0 Å². The molecule has 1 rings (SSSR count). The zero-order valence-electron chi connectivity index (χ0n) is 11.6. The third kappa shape index (κ3) is 6.36. The zero-order valence-corrected chi connectivity index (χ0v) is 11.6. The molecule has 1 fully saturated rings. The molecule has 3 N–H and O–H groups in total. The molecule has 1 amide bonds. The third-order valence-corrected chi connectivity index (χ3v) is 3.67. The van der Waals surface area contributed by atoms with Gasteiger partial charge in [0.1, 0.15) is 0 Å². The summed E-state index contributed by atoms with van der Waals surface area (Å²) in [6.45, 7) is 2.70. The van der Waals surface area contributed by atoms with Gasteiger partial charge in [-0.05, 0) is 32.2 Å². The molecular weight excluding hydrogens is 228 g/mol. The fraction of sp³-hybridized carbons (Fsp3) is 0.929. The topological polar surface area (TPSA) is 64.4 Å². The number of hydrogen-bond donors (Lipinski definition) is 2. The maximum absolute atomic E-state index is 11.8. The highest BCUT2D eigenvalue weighted by Gasteiger charge is 2.17. The molecule has 0 heterocycles. The minimum absolute atomic E-state index is 0.0216. The van der Waals surface area contributed by atoms with Crippen LogP contribution in [-0.4, -0.2) is 18.6 Å². The summed E-state index contributed by atoms with van der Waals surface area (Å²) in [7, 11) is 0. The zero-order chi connectivity index (χ0) is 13.2. The number of hydroxylamine groups is 1. The van der Waals surface area contributed by atoms with Crippen molar-refractivity contribution in [3.8, 4) is 0 Å². The molecule has 0 bridgehead atoms. The average molecular weight is 256 g/mol. The number of carbonyl (C=O) groups is 1. The summed E-state index contributed by atoms with van der Waals surface area (Å²) < 4.78 is 0. The Morgan fingerprint density at radius 2 is 2.00 bits per heavy atom.